The molecule has 142 valence electrons. The summed E-state index contributed by atoms with van der Waals surface area (Å²) in [7, 11) is 1.64. The van der Waals surface area contributed by atoms with Crippen LogP contribution in [0.5, 0.6) is 5.75 Å². The van der Waals surface area contributed by atoms with Gasteiger partial charge in [0.15, 0.2) is 0 Å². The first-order valence-electron chi connectivity index (χ1n) is 9.12. The highest BCUT2D eigenvalue weighted by atomic mass is 16.5. The van der Waals surface area contributed by atoms with E-state index in [0.29, 0.717) is 19.4 Å². The van der Waals surface area contributed by atoms with Gasteiger partial charge < -0.3 is 10.5 Å². The minimum Gasteiger partial charge on any atom is -0.494 e. The summed E-state index contributed by atoms with van der Waals surface area (Å²) >= 11 is 0. The summed E-state index contributed by atoms with van der Waals surface area (Å²) in [5.74, 6) is 0.436. The van der Waals surface area contributed by atoms with E-state index in [1.165, 1.54) is 0 Å². The summed E-state index contributed by atoms with van der Waals surface area (Å²) in [6.07, 6.45) is 2.74. The Hall–Kier alpha value is -3.48. The van der Waals surface area contributed by atoms with Gasteiger partial charge in [0.05, 0.1) is 30.2 Å². The Labute approximate surface area is 162 Å². The van der Waals surface area contributed by atoms with Crippen LogP contribution in [-0.4, -0.2) is 32.8 Å². The Kier molecular flexibility index (Phi) is 4.65. The van der Waals surface area contributed by atoms with Crippen molar-refractivity contribution in [2.24, 2.45) is 5.73 Å². The number of nitrogens with two attached hydrogens (primary N) is 1. The number of rotatable bonds is 6. The van der Waals surface area contributed by atoms with Crippen molar-refractivity contribution in [2.75, 3.05) is 7.11 Å². The summed E-state index contributed by atoms with van der Waals surface area (Å²) in [5, 5.41) is 5.44. The maximum atomic E-state index is 11.0. The molecule has 4 aromatic rings. The van der Waals surface area contributed by atoms with E-state index in [1.807, 2.05) is 48.0 Å². The van der Waals surface area contributed by atoms with Gasteiger partial charge in [0.25, 0.3) is 0 Å². The third-order valence-electron chi connectivity index (χ3n) is 4.75. The highest BCUT2D eigenvalue weighted by Crippen LogP contribution is 2.28. The van der Waals surface area contributed by atoms with E-state index in [1.54, 1.807) is 13.3 Å². The molecular formula is C21H21N5O2. The molecule has 0 aliphatic carbocycles. The molecule has 0 bridgehead atoms. The van der Waals surface area contributed by atoms with Gasteiger partial charge in [-0.1, -0.05) is 18.2 Å². The molecule has 0 spiro atoms. The molecule has 0 fully saturated rings. The lowest BCUT2D eigenvalue weighted by Gasteiger charge is -2.09. The van der Waals surface area contributed by atoms with E-state index in [-0.39, 0.29) is 5.91 Å². The molecule has 7 nitrogen and oxygen atoms in total. The van der Waals surface area contributed by atoms with Crippen molar-refractivity contribution in [3.05, 3.63) is 48.2 Å². The van der Waals surface area contributed by atoms with Crippen LogP contribution in [0.1, 0.15) is 18.4 Å². The van der Waals surface area contributed by atoms with Crippen molar-refractivity contribution in [2.45, 2.75) is 26.3 Å². The number of aryl methyl sites for hydroxylation is 2. The summed E-state index contributed by atoms with van der Waals surface area (Å²) < 4.78 is 7.32. The standard InChI is InChI=1S/C21H21N5O2/c1-13-11-16(15-9-8-14-5-3-6-18(28-2)20(14)25-15)24-17-12-23-26(21(13)17)10-4-7-19(22)27/h3,5-6,8-9,11-12H,4,7,10H2,1-2H3,(H2,22,27). The number of para-hydroxylation sites is 1. The third-order valence-corrected chi connectivity index (χ3v) is 4.75. The topological polar surface area (TPSA) is 95.9 Å². The number of carbonyl (C=O) groups is 1. The minimum atomic E-state index is -0.300. The van der Waals surface area contributed by atoms with Crippen LogP contribution in [0, 0.1) is 6.92 Å². The molecule has 0 aliphatic heterocycles. The average molecular weight is 375 g/mol. The Morgan fingerprint density at radius 1 is 1.18 bits per heavy atom. The fraction of sp³-hybridized carbons (Fsp3) is 0.238. The maximum Gasteiger partial charge on any atom is 0.217 e. The second-order valence-electron chi connectivity index (χ2n) is 6.72. The van der Waals surface area contributed by atoms with E-state index < -0.39 is 0 Å². The number of fused-ring (bicyclic) bond motifs is 2. The van der Waals surface area contributed by atoms with Crippen molar-refractivity contribution >= 4 is 27.8 Å². The van der Waals surface area contributed by atoms with Crippen molar-refractivity contribution in [1.29, 1.82) is 0 Å². The van der Waals surface area contributed by atoms with Gasteiger partial charge in [-0.15, -0.1) is 0 Å². The molecule has 7 heteroatoms. The molecule has 1 amide bonds. The van der Waals surface area contributed by atoms with E-state index >= 15 is 0 Å². The Balaban J connectivity index is 1.74. The van der Waals surface area contributed by atoms with Crippen LogP contribution in [0.2, 0.25) is 0 Å². The summed E-state index contributed by atoms with van der Waals surface area (Å²) in [6.45, 7) is 2.65. The summed E-state index contributed by atoms with van der Waals surface area (Å²) in [5.41, 5.74) is 10.4. The van der Waals surface area contributed by atoms with Gasteiger partial charge in [0.2, 0.25) is 5.91 Å². The predicted molar refractivity (Wildman–Crippen MR) is 108 cm³/mol. The normalized spacial score (nSPS) is 11.2. The molecule has 3 heterocycles. The zero-order chi connectivity index (χ0) is 19.7. The van der Waals surface area contributed by atoms with Crippen LogP contribution < -0.4 is 10.5 Å². The molecule has 28 heavy (non-hydrogen) atoms. The number of benzene rings is 1. The first-order chi connectivity index (χ1) is 13.6. The average Bonchev–Trinajstić information content (AvgIpc) is 3.10. The SMILES string of the molecule is COc1cccc2ccc(-c3cc(C)c4c(cnn4CCCC(N)=O)n3)nc12. The number of pyridine rings is 2. The lowest BCUT2D eigenvalue weighted by Crippen LogP contribution is -2.12. The lowest BCUT2D eigenvalue weighted by atomic mass is 10.1. The second kappa shape index (κ2) is 7.26. The monoisotopic (exact) mass is 375 g/mol. The van der Waals surface area contributed by atoms with Crippen LogP contribution in [0.15, 0.2) is 42.6 Å². The van der Waals surface area contributed by atoms with Crippen molar-refractivity contribution in [1.82, 2.24) is 19.7 Å². The number of aromatic nitrogens is 4. The first kappa shape index (κ1) is 17.9. The molecule has 0 radical (unpaired) electrons. The van der Waals surface area contributed by atoms with Crippen molar-refractivity contribution in [3.63, 3.8) is 0 Å². The van der Waals surface area contributed by atoms with E-state index in [2.05, 4.69) is 5.10 Å². The number of primary amides is 1. The number of methoxy groups -OCH3 is 1. The van der Waals surface area contributed by atoms with Crippen LogP contribution in [0.3, 0.4) is 0 Å². The van der Waals surface area contributed by atoms with Gasteiger partial charge in [-0.3, -0.25) is 9.48 Å². The number of ether oxygens (including phenoxy) is 1. The lowest BCUT2D eigenvalue weighted by molar-refractivity contribution is -0.118. The van der Waals surface area contributed by atoms with Gasteiger partial charge in [-0.2, -0.15) is 5.10 Å². The van der Waals surface area contributed by atoms with Gasteiger partial charge in [-0.05, 0) is 37.1 Å². The molecule has 1 aromatic carbocycles. The number of hydrogen-bond acceptors (Lipinski definition) is 5. The van der Waals surface area contributed by atoms with Crippen LogP contribution >= 0.6 is 0 Å². The van der Waals surface area contributed by atoms with Gasteiger partial charge in [0.1, 0.15) is 16.8 Å². The quantitative estimate of drug-likeness (QED) is 0.558. The largest absolute Gasteiger partial charge is 0.494 e. The van der Waals surface area contributed by atoms with Crippen LogP contribution in [0.25, 0.3) is 33.3 Å². The fourth-order valence-corrected chi connectivity index (χ4v) is 3.43. The number of nitrogens with zero attached hydrogens (tertiary/aromatic N) is 4. The Bertz CT molecular complexity index is 1180. The van der Waals surface area contributed by atoms with Crippen molar-refractivity contribution in [3.8, 4) is 17.1 Å². The van der Waals surface area contributed by atoms with Gasteiger partial charge in [-0.25, -0.2) is 9.97 Å². The maximum absolute atomic E-state index is 11.0. The van der Waals surface area contributed by atoms with Gasteiger partial charge in [0, 0.05) is 18.4 Å². The van der Waals surface area contributed by atoms with E-state index in [4.69, 9.17) is 20.4 Å². The van der Waals surface area contributed by atoms with Crippen LogP contribution in [-0.2, 0) is 11.3 Å². The first-order valence-corrected chi connectivity index (χ1v) is 9.12. The zero-order valence-corrected chi connectivity index (χ0v) is 15.8. The second-order valence-corrected chi connectivity index (χ2v) is 6.72. The molecule has 4 rings (SSSR count). The molecule has 0 atom stereocenters. The zero-order valence-electron chi connectivity index (χ0n) is 15.8. The highest BCUT2D eigenvalue weighted by molar-refractivity contribution is 5.87. The molecule has 3 aromatic heterocycles. The molecular weight excluding hydrogens is 354 g/mol. The Morgan fingerprint density at radius 2 is 2.04 bits per heavy atom. The summed E-state index contributed by atoms with van der Waals surface area (Å²) in [6, 6.07) is 11.9. The smallest absolute Gasteiger partial charge is 0.217 e. The van der Waals surface area contributed by atoms with E-state index in [0.717, 1.165) is 44.6 Å². The Morgan fingerprint density at radius 3 is 2.82 bits per heavy atom. The third kappa shape index (κ3) is 3.26. The number of carbonyl (C=O) groups excluding carboxylic acids is 1. The highest BCUT2D eigenvalue weighted by Gasteiger charge is 2.13. The summed E-state index contributed by atoms with van der Waals surface area (Å²) in [4.78, 5) is 20.5. The number of amides is 1. The molecule has 0 unspecified atom stereocenters. The fourth-order valence-electron chi connectivity index (χ4n) is 3.43. The molecule has 0 saturated heterocycles. The molecule has 2 N–H and O–H groups in total. The molecule has 0 aliphatic rings. The molecule has 0 saturated carbocycles. The number of hydrogen-bond donors (Lipinski definition) is 1. The minimum absolute atomic E-state index is 0.300. The van der Waals surface area contributed by atoms with Gasteiger partial charge >= 0.3 is 0 Å². The van der Waals surface area contributed by atoms with Crippen LogP contribution in [0.4, 0.5) is 0 Å². The van der Waals surface area contributed by atoms with Crippen molar-refractivity contribution < 1.29 is 9.53 Å². The van der Waals surface area contributed by atoms with E-state index in [9.17, 15) is 4.79 Å². The predicted octanol–water partition coefficient (Wildman–Crippen LogP) is 3.23.